The van der Waals surface area contributed by atoms with E-state index >= 15 is 0 Å². The Balaban J connectivity index is 3.95. The molecule has 1 nitrogen and oxygen atoms in total. The third kappa shape index (κ3) is 6.44. The van der Waals surface area contributed by atoms with Crippen molar-refractivity contribution >= 4 is 0 Å². The first kappa shape index (κ1) is 12.3. The van der Waals surface area contributed by atoms with Crippen LogP contribution in [-0.2, 0) is 0 Å². The zero-order chi connectivity index (χ0) is 10.4. The molecule has 1 heteroatoms. The molecule has 0 bridgehead atoms. The molecule has 13 heavy (non-hydrogen) atoms. The van der Waals surface area contributed by atoms with Crippen LogP contribution in [0.5, 0.6) is 0 Å². The first-order valence-corrected chi connectivity index (χ1v) is 5.01. The van der Waals surface area contributed by atoms with Gasteiger partial charge in [0, 0.05) is 5.70 Å². The Kier molecular flexibility index (Phi) is 5.52. The van der Waals surface area contributed by atoms with Gasteiger partial charge in [0.05, 0.1) is 0 Å². The van der Waals surface area contributed by atoms with Gasteiger partial charge in [-0.15, -0.1) is 6.58 Å². The summed E-state index contributed by atoms with van der Waals surface area (Å²) in [5.74, 6) is 1.34. The van der Waals surface area contributed by atoms with Gasteiger partial charge in [-0.3, -0.25) is 0 Å². The van der Waals surface area contributed by atoms with Crippen molar-refractivity contribution in [3.8, 4) is 0 Å². The fourth-order valence-electron chi connectivity index (χ4n) is 1.44. The van der Waals surface area contributed by atoms with E-state index in [4.69, 9.17) is 5.73 Å². The van der Waals surface area contributed by atoms with E-state index in [2.05, 4.69) is 33.9 Å². The summed E-state index contributed by atoms with van der Waals surface area (Å²) in [7, 11) is 0. The summed E-state index contributed by atoms with van der Waals surface area (Å²) in [4.78, 5) is 0. The van der Waals surface area contributed by atoms with Crippen molar-refractivity contribution < 1.29 is 0 Å². The third-order valence-electron chi connectivity index (χ3n) is 2.41. The van der Waals surface area contributed by atoms with Crippen molar-refractivity contribution in [1.82, 2.24) is 0 Å². The molecule has 76 valence electrons. The molecule has 0 heterocycles. The molecular formula is C12H23N. The highest BCUT2D eigenvalue weighted by molar-refractivity contribution is 4.93. The van der Waals surface area contributed by atoms with Gasteiger partial charge in [0.15, 0.2) is 0 Å². The van der Waals surface area contributed by atoms with E-state index < -0.39 is 0 Å². The van der Waals surface area contributed by atoms with Crippen molar-refractivity contribution in [3.05, 3.63) is 24.4 Å². The normalized spacial score (nSPS) is 12.9. The topological polar surface area (TPSA) is 26.0 Å². The highest BCUT2D eigenvalue weighted by atomic mass is 14.6. The second-order valence-corrected chi connectivity index (χ2v) is 4.36. The van der Waals surface area contributed by atoms with Crippen molar-refractivity contribution in [1.29, 1.82) is 0 Å². The highest BCUT2D eigenvalue weighted by Gasteiger charge is 2.13. The van der Waals surface area contributed by atoms with E-state index in [9.17, 15) is 0 Å². The molecule has 0 aliphatic heterocycles. The Labute approximate surface area is 82.7 Å². The van der Waals surface area contributed by atoms with Crippen LogP contribution < -0.4 is 5.73 Å². The minimum absolute atomic E-state index is 0.661. The number of hydrogen-bond donors (Lipinski definition) is 1. The zero-order valence-corrected chi connectivity index (χ0v) is 9.27. The van der Waals surface area contributed by atoms with Crippen LogP contribution in [0.3, 0.4) is 0 Å². The number of hydrogen-bond acceptors (Lipinski definition) is 1. The van der Waals surface area contributed by atoms with Crippen LogP contribution in [0, 0.1) is 11.8 Å². The minimum Gasteiger partial charge on any atom is -0.403 e. The molecule has 0 aromatic rings. The maximum Gasteiger partial charge on any atom is 0.00103 e. The predicted molar refractivity (Wildman–Crippen MR) is 60.3 cm³/mol. The Morgan fingerprint density at radius 2 is 1.85 bits per heavy atom. The summed E-state index contributed by atoms with van der Waals surface area (Å²) in [6.07, 6.45) is 3.24. The third-order valence-corrected chi connectivity index (χ3v) is 2.41. The molecule has 0 spiro atoms. The Morgan fingerprint density at radius 1 is 1.31 bits per heavy atom. The van der Waals surface area contributed by atoms with Gasteiger partial charge in [-0.05, 0) is 38.0 Å². The molecule has 0 rings (SSSR count). The lowest BCUT2D eigenvalue weighted by Crippen LogP contribution is -2.12. The standard InChI is InChI=1S/C12H23N/c1-9(2)6-7-12(10(3)4)8-11(5)13/h10,12H,1,5-8,13H2,2-4H3. The molecule has 0 radical (unpaired) electrons. The van der Waals surface area contributed by atoms with Crippen molar-refractivity contribution in [3.63, 3.8) is 0 Å². The summed E-state index contributed by atoms with van der Waals surface area (Å²) < 4.78 is 0. The number of allylic oxidation sites excluding steroid dienone is 2. The van der Waals surface area contributed by atoms with Crippen LogP contribution >= 0.6 is 0 Å². The average Bonchev–Trinajstić information content (AvgIpc) is 1.96. The Morgan fingerprint density at radius 3 is 2.15 bits per heavy atom. The van der Waals surface area contributed by atoms with Crippen LogP contribution in [0.2, 0.25) is 0 Å². The van der Waals surface area contributed by atoms with Gasteiger partial charge < -0.3 is 5.73 Å². The molecule has 0 fully saturated rings. The molecule has 0 saturated carbocycles. The maximum atomic E-state index is 5.62. The smallest absolute Gasteiger partial charge is 0.00103 e. The van der Waals surface area contributed by atoms with E-state index in [1.165, 1.54) is 12.0 Å². The van der Waals surface area contributed by atoms with Gasteiger partial charge in [0.1, 0.15) is 0 Å². The summed E-state index contributed by atoms with van der Waals surface area (Å²) in [5.41, 5.74) is 7.68. The summed E-state index contributed by atoms with van der Waals surface area (Å²) in [6.45, 7) is 14.2. The molecule has 0 aliphatic carbocycles. The Hall–Kier alpha value is -0.720. The first-order chi connectivity index (χ1) is 5.93. The molecule has 1 atom stereocenters. The molecule has 0 aromatic carbocycles. The molecular weight excluding hydrogens is 158 g/mol. The van der Waals surface area contributed by atoms with Gasteiger partial charge in [-0.2, -0.15) is 0 Å². The Bertz CT molecular complexity index is 180. The summed E-state index contributed by atoms with van der Waals surface area (Å²) in [5, 5.41) is 0. The lowest BCUT2D eigenvalue weighted by Gasteiger charge is -2.20. The number of rotatable bonds is 6. The van der Waals surface area contributed by atoms with Crippen molar-refractivity contribution in [2.75, 3.05) is 0 Å². The van der Waals surface area contributed by atoms with Crippen LogP contribution in [0.15, 0.2) is 24.4 Å². The maximum absolute atomic E-state index is 5.62. The van der Waals surface area contributed by atoms with Gasteiger partial charge in [-0.1, -0.05) is 26.0 Å². The fraction of sp³-hybridized carbons (Fsp3) is 0.667. The SMILES string of the molecule is C=C(C)CCC(CC(=C)N)C(C)C. The van der Waals surface area contributed by atoms with E-state index in [1.807, 2.05) is 0 Å². The van der Waals surface area contributed by atoms with Gasteiger partial charge in [0.2, 0.25) is 0 Å². The second kappa shape index (κ2) is 5.85. The van der Waals surface area contributed by atoms with Crippen LogP contribution in [0.1, 0.15) is 40.0 Å². The highest BCUT2D eigenvalue weighted by Crippen LogP contribution is 2.24. The van der Waals surface area contributed by atoms with E-state index in [-0.39, 0.29) is 0 Å². The van der Waals surface area contributed by atoms with Gasteiger partial charge >= 0.3 is 0 Å². The number of nitrogens with two attached hydrogens (primary N) is 1. The molecule has 2 N–H and O–H groups in total. The quantitative estimate of drug-likeness (QED) is 0.624. The minimum atomic E-state index is 0.661. The van der Waals surface area contributed by atoms with Gasteiger partial charge in [0.25, 0.3) is 0 Å². The summed E-state index contributed by atoms with van der Waals surface area (Å²) in [6, 6.07) is 0. The molecule has 0 aromatic heterocycles. The largest absolute Gasteiger partial charge is 0.403 e. The molecule has 1 unspecified atom stereocenters. The fourth-order valence-corrected chi connectivity index (χ4v) is 1.44. The van der Waals surface area contributed by atoms with Crippen LogP contribution in [-0.4, -0.2) is 0 Å². The van der Waals surface area contributed by atoms with Crippen molar-refractivity contribution in [2.24, 2.45) is 17.6 Å². The predicted octanol–water partition coefficient (Wildman–Crippen LogP) is 3.48. The monoisotopic (exact) mass is 181 g/mol. The second-order valence-electron chi connectivity index (χ2n) is 4.36. The van der Waals surface area contributed by atoms with E-state index in [0.717, 1.165) is 18.5 Å². The zero-order valence-electron chi connectivity index (χ0n) is 9.27. The van der Waals surface area contributed by atoms with E-state index in [0.29, 0.717) is 11.8 Å². The van der Waals surface area contributed by atoms with Crippen LogP contribution in [0.25, 0.3) is 0 Å². The summed E-state index contributed by atoms with van der Waals surface area (Å²) >= 11 is 0. The molecule has 0 aliphatic rings. The molecule has 0 amide bonds. The van der Waals surface area contributed by atoms with E-state index in [1.54, 1.807) is 0 Å². The molecule has 0 saturated heterocycles. The lowest BCUT2D eigenvalue weighted by molar-refractivity contribution is 0.356. The van der Waals surface area contributed by atoms with Gasteiger partial charge in [-0.25, -0.2) is 0 Å². The van der Waals surface area contributed by atoms with Crippen molar-refractivity contribution in [2.45, 2.75) is 40.0 Å². The first-order valence-electron chi connectivity index (χ1n) is 5.01. The lowest BCUT2D eigenvalue weighted by atomic mass is 9.86. The van der Waals surface area contributed by atoms with Crippen LogP contribution in [0.4, 0.5) is 0 Å². The average molecular weight is 181 g/mol.